The first kappa shape index (κ1) is 13.2. The van der Waals surface area contributed by atoms with Crippen molar-refractivity contribution in [1.29, 1.82) is 0 Å². The number of hydrogen-bond acceptors (Lipinski definition) is 3. The lowest BCUT2D eigenvalue weighted by atomic mass is 10.2. The fourth-order valence-corrected chi connectivity index (χ4v) is 1.96. The van der Waals surface area contributed by atoms with Crippen molar-refractivity contribution < 1.29 is 17.9 Å². The first-order chi connectivity index (χ1) is 7.45. The van der Waals surface area contributed by atoms with Gasteiger partial charge in [-0.2, -0.15) is 13.2 Å². The van der Waals surface area contributed by atoms with Crippen LogP contribution in [0, 0.1) is 0 Å². The average molecular weight is 251 g/mol. The summed E-state index contributed by atoms with van der Waals surface area (Å²) in [6, 6.07) is 3.92. The minimum atomic E-state index is -4.40. The Bertz CT molecular complexity index is 354. The van der Waals surface area contributed by atoms with Crippen molar-refractivity contribution in [3.05, 3.63) is 23.8 Å². The minimum Gasteiger partial charge on any atom is -0.398 e. The zero-order valence-electron chi connectivity index (χ0n) is 8.67. The minimum absolute atomic E-state index is 0.247. The Balaban J connectivity index is 2.82. The van der Waals surface area contributed by atoms with Crippen LogP contribution < -0.4 is 5.73 Å². The highest BCUT2D eigenvalue weighted by Gasteiger charge is 2.33. The molecule has 0 aromatic heterocycles. The fraction of sp³-hybridized carbons (Fsp3) is 0.400. The van der Waals surface area contributed by atoms with E-state index < -0.39 is 11.7 Å². The molecule has 0 spiro atoms. The van der Waals surface area contributed by atoms with Gasteiger partial charge in [0.05, 0.1) is 12.2 Å². The zero-order valence-corrected chi connectivity index (χ0v) is 9.49. The third-order valence-corrected chi connectivity index (χ3v) is 2.84. The third-order valence-electron chi connectivity index (χ3n) is 1.89. The molecule has 2 N–H and O–H groups in total. The maximum atomic E-state index is 12.5. The summed E-state index contributed by atoms with van der Waals surface area (Å²) in [4.78, 5) is 0.540. The van der Waals surface area contributed by atoms with Crippen LogP contribution in [0.4, 0.5) is 18.9 Å². The monoisotopic (exact) mass is 251 g/mol. The molecule has 0 aliphatic heterocycles. The third kappa shape index (κ3) is 3.61. The molecule has 0 fully saturated rings. The van der Waals surface area contributed by atoms with E-state index in [1.165, 1.54) is 17.8 Å². The summed E-state index contributed by atoms with van der Waals surface area (Å²) < 4.78 is 42.3. The largest absolute Gasteiger partial charge is 0.418 e. The average Bonchev–Trinajstić information content (AvgIpc) is 2.19. The highest BCUT2D eigenvalue weighted by atomic mass is 32.2. The summed E-state index contributed by atoms with van der Waals surface area (Å²) in [6.45, 7) is 0.496. The Hall–Kier alpha value is -0.880. The van der Waals surface area contributed by atoms with Gasteiger partial charge in [-0.25, -0.2) is 0 Å². The molecule has 0 saturated heterocycles. The number of rotatable bonds is 4. The molecule has 1 rings (SSSR count). The Morgan fingerprint density at radius 1 is 1.38 bits per heavy atom. The van der Waals surface area contributed by atoms with Crippen LogP contribution in [0.3, 0.4) is 0 Å². The standard InChI is InChI=1S/C10H12F3NOS/c1-15-4-5-16-7-2-3-9(14)8(6-7)10(11,12)13/h2-3,6H,4-5,14H2,1H3. The van der Waals surface area contributed by atoms with Crippen molar-refractivity contribution in [3.63, 3.8) is 0 Å². The van der Waals surface area contributed by atoms with E-state index in [1.54, 1.807) is 13.2 Å². The van der Waals surface area contributed by atoms with Gasteiger partial charge in [-0.1, -0.05) is 0 Å². The van der Waals surface area contributed by atoms with Gasteiger partial charge in [0, 0.05) is 23.4 Å². The first-order valence-corrected chi connectivity index (χ1v) is 5.52. The summed E-state index contributed by atoms with van der Waals surface area (Å²) in [6.07, 6.45) is -4.40. The van der Waals surface area contributed by atoms with Crippen molar-refractivity contribution in [1.82, 2.24) is 0 Å². The molecular weight excluding hydrogens is 239 g/mol. The second-order valence-corrected chi connectivity index (χ2v) is 4.26. The lowest BCUT2D eigenvalue weighted by molar-refractivity contribution is -0.137. The second-order valence-electron chi connectivity index (χ2n) is 3.09. The van der Waals surface area contributed by atoms with Gasteiger partial charge in [0.15, 0.2) is 0 Å². The van der Waals surface area contributed by atoms with Crippen molar-refractivity contribution in [2.75, 3.05) is 25.2 Å². The summed E-state index contributed by atoms with van der Waals surface area (Å²) in [7, 11) is 1.55. The molecule has 1 aromatic carbocycles. The Morgan fingerprint density at radius 2 is 2.06 bits per heavy atom. The van der Waals surface area contributed by atoms with Gasteiger partial charge in [0.25, 0.3) is 0 Å². The van der Waals surface area contributed by atoms with E-state index in [0.717, 1.165) is 6.07 Å². The summed E-state index contributed by atoms with van der Waals surface area (Å²) in [5.74, 6) is 0.609. The van der Waals surface area contributed by atoms with Crippen LogP contribution in [0.15, 0.2) is 23.1 Å². The van der Waals surface area contributed by atoms with Crippen molar-refractivity contribution >= 4 is 17.4 Å². The van der Waals surface area contributed by atoms with E-state index in [0.29, 0.717) is 17.3 Å². The molecule has 0 bridgehead atoms. The van der Waals surface area contributed by atoms with Gasteiger partial charge >= 0.3 is 6.18 Å². The quantitative estimate of drug-likeness (QED) is 0.507. The molecule has 0 amide bonds. The lowest BCUT2D eigenvalue weighted by Gasteiger charge is -2.11. The Labute approximate surface area is 96.0 Å². The summed E-state index contributed by atoms with van der Waals surface area (Å²) in [5.41, 5.74) is 4.25. The lowest BCUT2D eigenvalue weighted by Crippen LogP contribution is -2.08. The number of methoxy groups -OCH3 is 1. The smallest absolute Gasteiger partial charge is 0.398 e. The van der Waals surface area contributed by atoms with E-state index in [9.17, 15) is 13.2 Å². The molecule has 0 atom stereocenters. The molecule has 90 valence electrons. The molecular formula is C10H12F3NOS. The molecule has 1 aromatic rings. The number of ether oxygens (including phenoxy) is 1. The highest BCUT2D eigenvalue weighted by Crippen LogP contribution is 2.35. The summed E-state index contributed by atoms with van der Waals surface area (Å²) >= 11 is 1.30. The van der Waals surface area contributed by atoms with Crippen LogP contribution in [0.1, 0.15) is 5.56 Å². The number of hydrogen-bond donors (Lipinski definition) is 1. The maximum Gasteiger partial charge on any atom is 0.418 e. The number of nitrogens with two attached hydrogens (primary N) is 1. The van der Waals surface area contributed by atoms with E-state index in [1.807, 2.05) is 0 Å². The number of benzene rings is 1. The van der Waals surface area contributed by atoms with E-state index in [2.05, 4.69) is 0 Å². The van der Waals surface area contributed by atoms with Crippen LogP contribution >= 0.6 is 11.8 Å². The van der Waals surface area contributed by atoms with Crippen LogP contribution in [0.5, 0.6) is 0 Å². The molecule has 0 aliphatic carbocycles. The number of nitrogen functional groups attached to an aromatic ring is 1. The molecule has 16 heavy (non-hydrogen) atoms. The Morgan fingerprint density at radius 3 is 2.62 bits per heavy atom. The molecule has 0 radical (unpaired) electrons. The SMILES string of the molecule is COCCSc1ccc(N)c(C(F)(F)F)c1. The molecule has 0 saturated carbocycles. The molecule has 2 nitrogen and oxygen atoms in total. The van der Waals surface area contributed by atoms with E-state index in [-0.39, 0.29) is 5.69 Å². The van der Waals surface area contributed by atoms with Crippen molar-refractivity contribution in [2.24, 2.45) is 0 Å². The van der Waals surface area contributed by atoms with Crippen LogP contribution in [0.2, 0.25) is 0 Å². The number of thioether (sulfide) groups is 1. The summed E-state index contributed by atoms with van der Waals surface area (Å²) in [5, 5.41) is 0. The van der Waals surface area contributed by atoms with Crippen LogP contribution in [-0.4, -0.2) is 19.5 Å². The van der Waals surface area contributed by atoms with Crippen molar-refractivity contribution in [2.45, 2.75) is 11.1 Å². The van der Waals surface area contributed by atoms with Crippen molar-refractivity contribution in [3.8, 4) is 0 Å². The fourth-order valence-electron chi connectivity index (χ4n) is 1.11. The van der Waals surface area contributed by atoms with Crippen LogP contribution in [0.25, 0.3) is 0 Å². The molecule has 0 unspecified atom stereocenters. The Kier molecular flexibility index (Phi) is 4.49. The van der Waals surface area contributed by atoms with Crippen LogP contribution in [-0.2, 0) is 10.9 Å². The predicted octanol–water partition coefficient (Wildman–Crippen LogP) is 3.03. The maximum absolute atomic E-state index is 12.5. The van der Waals surface area contributed by atoms with E-state index >= 15 is 0 Å². The second kappa shape index (κ2) is 5.45. The number of alkyl halides is 3. The topological polar surface area (TPSA) is 35.2 Å². The number of halogens is 3. The normalized spacial score (nSPS) is 11.8. The first-order valence-electron chi connectivity index (χ1n) is 4.53. The van der Waals surface area contributed by atoms with Gasteiger partial charge in [-0.15, -0.1) is 11.8 Å². The van der Waals surface area contributed by atoms with Gasteiger partial charge < -0.3 is 10.5 Å². The van der Waals surface area contributed by atoms with Gasteiger partial charge in [-0.3, -0.25) is 0 Å². The zero-order chi connectivity index (χ0) is 12.2. The van der Waals surface area contributed by atoms with Gasteiger partial charge in [0.2, 0.25) is 0 Å². The molecule has 0 aliphatic rings. The molecule has 0 heterocycles. The van der Waals surface area contributed by atoms with E-state index in [4.69, 9.17) is 10.5 Å². The highest BCUT2D eigenvalue weighted by molar-refractivity contribution is 7.99. The van der Waals surface area contributed by atoms with Gasteiger partial charge in [-0.05, 0) is 18.2 Å². The predicted molar refractivity (Wildman–Crippen MR) is 58.5 cm³/mol. The number of anilines is 1. The molecule has 6 heteroatoms. The van der Waals surface area contributed by atoms with Gasteiger partial charge in [0.1, 0.15) is 0 Å².